The van der Waals surface area contributed by atoms with Crippen LogP contribution >= 0.6 is 0 Å². The zero-order valence-electron chi connectivity index (χ0n) is 25.1. The second-order valence-corrected chi connectivity index (χ2v) is 11.8. The van der Waals surface area contributed by atoms with Gasteiger partial charge < -0.3 is 9.32 Å². The summed E-state index contributed by atoms with van der Waals surface area (Å²) in [5.41, 5.74) is 9.89. The van der Waals surface area contributed by atoms with Crippen molar-refractivity contribution in [3.05, 3.63) is 176 Å². The summed E-state index contributed by atoms with van der Waals surface area (Å²) < 4.78 is 6.20. The van der Waals surface area contributed by atoms with E-state index in [4.69, 9.17) is 4.42 Å². The third-order valence-corrected chi connectivity index (χ3v) is 9.01. The monoisotopic (exact) mass is 587 g/mol. The van der Waals surface area contributed by atoms with E-state index in [0.717, 1.165) is 39.0 Å². The molecule has 1 aromatic heterocycles. The molecule has 2 nitrogen and oxygen atoms in total. The van der Waals surface area contributed by atoms with Gasteiger partial charge in [-0.05, 0) is 98.4 Å². The number of hydrogen-bond donors (Lipinski definition) is 0. The summed E-state index contributed by atoms with van der Waals surface area (Å²) in [6, 6.07) is 62.9. The predicted molar refractivity (Wildman–Crippen MR) is 194 cm³/mol. The van der Waals surface area contributed by atoms with Gasteiger partial charge in [0.1, 0.15) is 11.2 Å². The minimum absolute atomic E-state index is 0.890. The number of anilines is 3. The van der Waals surface area contributed by atoms with Crippen molar-refractivity contribution in [2.45, 2.75) is 0 Å². The first-order chi connectivity index (χ1) is 22.8. The summed E-state index contributed by atoms with van der Waals surface area (Å²) in [4.78, 5) is 2.36. The quantitative estimate of drug-likeness (QED) is 0.199. The van der Waals surface area contributed by atoms with Gasteiger partial charge in [0.25, 0.3) is 0 Å². The Morgan fingerprint density at radius 3 is 1.96 bits per heavy atom. The van der Waals surface area contributed by atoms with Crippen molar-refractivity contribution in [2.24, 2.45) is 0 Å². The van der Waals surface area contributed by atoms with Crippen LogP contribution in [-0.2, 0) is 0 Å². The SMILES string of the molecule is c1ccc(-c2cccc(N(c3ccc4c(-c5ccc6ccccc6c5)cccc4c3)c3ccc4oc5ccccc5c4c3)c2)cc1. The number of nitrogens with zero attached hydrogens (tertiary/aromatic N) is 1. The molecule has 0 spiro atoms. The second-order valence-electron chi connectivity index (χ2n) is 11.8. The van der Waals surface area contributed by atoms with Crippen LogP contribution in [0.2, 0.25) is 0 Å². The van der Waals surface area contributed by atoms with Crippen LogP contribution in [0, 0.1) is 0 Å². The molecule has 216 valence electrons. The van der Waals surface area contributed by atoms with Crippen molar-refractivity contribution in [3.63, 3.8) is 0 Å². The molecule has 0 saturated carbocycles. The van der Waals surface area contributed by atoms with E-state index in [9.17, 15) is 0 Å². The highest BCUT2D eigenvalue weighted by atomic mass is 16.3. The van der Waals surface area contributed by atoms with Gasteiger partial charge in [-0.25, -0.2) is 0 Å². The van der Waals surface area contributed by atoms with Crippen LogP contribution in [0.15, 0.2) is 180 Å². The molecule has 0 saturated heterocycles. The maximum Gasteiger partial charge on any atom is 0.135 e. The van der Waals surface area contributed by atoms with Crippen LogP contribution in [0.4, 0.5) is 17.1 Å². The third kappa shape index (κ3) is 4.51. The number of fused-ring (bicyclic) bond motifs is 5. The lowest BCUT2D eigenvalue weighted by atomic mass is 9.95. The van der Waals surface area contributed by atoms with Crippen molar-refractivity contribution in [1.82, 2.24) is 0 Å². The molecule has 9 rings (SSSR count). The van der Waals surface area contributed by atoms with Crippen LogP contribution in [0.1, 0.15) is 0 Å². The van der Waals surface area contributed by atoms with Crippen molar-refractivity contribution in [2.75, 3.05) is 4.90 Å². The Morgan fingerprint density at radius 1 is 0.326 bits per heavy atom. The lowest BCUT2D eigenvalue weighted by Crippen LogP contribution is -2.10. The Hall–Kier alpha value is -6.12. The van der Waals surface area contributed by atoms with Crippen molar-refractivity contribution in [1.29, 1.82) is 0 Å². The molecule has 0 fully saturated rings. The normalized spacial score (nSPS) is 11.5. The van der Waals surface area contributed by atoms with Crippen molar-refractivity contribution in [3.8, 4) is 22.3 Å². The van der Waals surface area contributed by atoms with Gasteiger partial charge in [0, 0.05) is 27.8 Å². The largest absolute Gasteiger partial charge is 0.456 e. The Kier molecular flexibility index (Phi) is 6.17. The number of furan rings is 1. The first-order valence-electron chi connectivity index (χ1n) is 15.7. The lowest BCUT2D eigenvalue weighted by Gasteiger charge is -2.26. The highest BCUT2D eigenvalue weighted by Gasteiger charge is 2.17. The van der Waals surface area contributed by atoms with Gasteiger partial charge in [-0.3, -0.25) is 0 Å². The molecule has 0 aliphatic heterocycles. The fourth-order valence-corrected chi connectivity index (χ4v) is 6.77. The molecule has 0 radical (unpaired) electrons. The molecule has 8 aromatic carbocycles. The molecule has 0 atom stereocenters. The number of para-hydroxylation sites is 1. The lowest BCUT2D eigenvalue weighted by molar-refractivity contribution is 0.669. The average molecular weight is 588 g/mol. The first-order valence-corrected chi connectivity index (χ1v) is 15.7. The number of rotatable bonds is 5. The van der Waals surface area contributed by atoms with Gasteiger partial charge in [0.2, 0.25) is 0 Å². The van der Waals surface area contributed by atoms with E-state index in [2.05, 4.69) is 169 Å². The molecule has 0 aliphatic carbocycles. The summed E-state index contributed by atoms with van der Waals surface area (Å²) in [5, 5.41) is 7.16. The molecule has 0 N–H and O–H groups in total. The first kappa shape index (κ1) is 26.3. The van der Waals surface area contributed by atoms with Crippen LogP contribution in [0.25, 0.3) is 65.7 Å². The van der Waals surface area contributed by atoms with E-state index in [1.807, 2.05) is 12.1 Å². The Labute approximate surface area is 267 Å². The highest BCUT2D eigenvalue weighted by Crippen LogP contribution is 2.41. The van der Waals surface area contributed by atoms with Gasteiger partial charge in [-0.15, -0.1) is 0 Å². The standard InChI is InChI=1S/C44H29NO/c1-2-10-30(11-3-1)33-14-8-16-36(27-33)45(38-23-25-44-42(29-38)41-17-6-7-19-43(41)46-44)37-22-24-40-34(28-37)15-9-18-39(40)35-21-20-31-12-4-5-13-32(31)26-35/h1-29H. The van der Waals surface area contributed by atoms with E-state index in [1.165, 1.54) is 43.8 Å². The van der Waals surface area contributed by atoms with Crippen LogP contribution in [-0.4, -0.2) is 0 Å². The predicted octanol–water partition coefficient (Wildman–Crippen LogP) is 12.7. The Balaban J connectivity index is 1.22. The summed E-state index contributed by atoms with van der Waals surface area (Å²) in [5.74, 6) is 0. The van der Waals surface area contributed by atoms with E-state index in [0.29, 0.717) is 0 Å². The smallest absolute Gasteiger partial charge is 0.135 e. The second kappa shape index (κ2) is 10.8. The van der Waals surface area contributed by atoms with E-state index in [-0.39, 0.29) is 0 Å². The zero-order chi connectivity index (χ0) is 30.5. The summed E-state index contributed by atoms with van der Waals surface area (Å²) >= 11 is 0. The third-order valence-electron chi connectivity index (χ3n) is 9.01. The summed E-state index contributed by atoms with van der Waals surface area (Å²) in [7, 11) is 0. The minimum Gasteiger partial charge on any atom is -0.456 e. The molecule has 1 heterocycles. The van der Waals surface area contributed by atoms with E-state index in [1.54, 1.807) is 0 Å². The fourth-order valence-electron chi connectivity index (χ4n) is 6.77. The minimum atomic E-state index is 0.890. The van der Waals surface area contributed by atoms with Crippen molar-refractivity contribution < 1.29 is 4.42 Å². The number of benzene rings is 8. The van der Waals surface area contributed by atoms with Crippen LogP contribution < -0.4 is 4.90 Å². The van der Waals surface area contributed by atoms with Gasteiger partial charge >= 0.3 is 0 Å². The molecule has 0 bridgehead atoms. The van der Waals surface area contributed by atoms with Crippen molar-refractivity contribution >= 4 is 60.5 Å². The molecule has 9 aromatic rings. The molecule has 2 heteroatoms. The van der Waals surface area contributed by atoms with E-state index < -0.39 is 0 Å². The molecule has 0 unspecified atom stereocenters. The Bertz CT molecular complexity index is 2540. The Morgan fingerprint density at radius 2 is 1.02 bits per heavy atom. The summed E-state index contributed by atoms with van der Waals surface area (Å²) in [6.07, 6.45) is 0. The van der Waals surface area contributed by atoms with Gasteiger partial charge in [-0.2, -0.15) is 0 Å². The molecule has 46 heavy (non-hydrogen) atoms. The van der Waals surface area contributed by atoms with Crippen LogP contribution in [0.5, 0.6) is 0 Å². The molecule has 0 amide bonds. The maximum absolute atomic E-state index is 6.20. The highest BCUT2D eigenvalue weighted by molar-refractivity contribution is 6.07. The molecular formula is C44H29NO. The molecule has 0 aliphatic rings. The number of hydrogen-bond acceptors (Lipinski definition) is 2. The van der Waals surface area contributed by atoms with E-state index >= 15 is 0 Å². The van der Waals surface area contributed by atoms with Gasteiger partial charge in [0.05, 0.1) is 0 Å². The van der Waals surface area contributed by atoms with Crippen LogP contribution in [0.3, 0.4) is 0 Å². The summed E-state index contributed by atoms with van der Waals surface area (Å²) in [6.45, 7) is 0. The van der Waals surface area contributed by atoms with Gasteiger partial charge in [0.15, 0.2) is 0 Å². The molecular weight excluding hydrogens is 558 g/mol. The maximum atomic E-state index is 6.20. The topological polar surface area (TPSA) is 16.4 Å². The fraction of sp³-hybridized carbons (Fsp3) is 0. The zero-order valence-corrected chi connectivity index (χ0v) is 25.1. The average Bonchev–Trinajstić information content (AvgIpc) is 3.50. The van der Waals surface area contributed by atoms with Gasteiger partial charge in [-0.1, -0.05) is 121 Å².